The zero-order valence-corrected chi connectivity index (χ0v) is 6.79. The first-order valence-corrected chi connectivity index (χ1v) is 4.14. The van der Waals surface area contributed by atoms with E-state index in [9.17, 15) is 4.39 Å². The first kappa shape index (κ1) is 8.94. The molecule has 0 bridgehead atoms. The second-order valence-electron chi connectivity index (χ2n) is 3.13. The fourth-order valence-corrected chi connectivity index (χ4v) is 1.28. The van der Waals surface area contributed by atoms with E-state index in [0.717, 1.165) is 19.4 Å². The Bertz CT molecular complexity index is 111. The van der Waals surface area contributed by atoms with Crippen LogP contribution >= 0.6 is 0 Å². The molecule has 1 saturated heterocycles. The minimum atomic E-state index is -1.13. The van der Waals surface area contributed by atoms with Gasteiger partial charge in [0.25, 0.3) is 0 Å². The van der Waals surface area contributed by atoms with Crippen LogP contribution in [0.4, 0.5) is 4.39 Å². The van der Waals surface area contributed by atoms with Crippen molar-refractivity contribution in [1.29, 1.82) is 0 Å². The number of ether oxygens (including phenoxy) is 1. The molecule has 1 heterocycles. The molecule has 0 saturated carbocycles. The Morgan fingerprint density at radius 2 is 2.45 bits per heavy atom. The Balaban J connectivity index is 2.18. The quantitative estimate of drug-likeness (QED) is 0.677. The van der Waals surface area contributed by atoms with Crippen LogP contribution in [0.25, 0.3) is 0 Å². The molecule has 66 valence electrons. The molecule has 0 spiro atoms. The summed E-state index contributed by atoms with van der Waals surface area (Å²) in [5, 5.41) is 8.85. The predicted molar refractivity (Wildman–Crippen MR) is 40.2 cm³/mol. The molecule has 0 radical (unpaired) electrons. The van der Waals surface area contributed by atoms with Gasteiger partial charge in [-0.05, 0) is 19.8 Å². The number of hydrogen-bond acceptors (Lipinski definition) is 2. The van der Waals surface area contributed by atoms with Gasteiger partial charge < -0.3 is 9.84 Å². The monoisotopic (exact) mass is 162 g/mol. The highest BCUT2D eigenvalue weighted by Crippen LogP contribution is 2.19. The van der Waals surface area contributed by atoms with Crippen LogP contribution in [0.2, 0.25) is 0 Å². The summed E-state index contributed by atoms with van der Waals surface area (Å²) in [6, 6.07) is 0. The van der Waals surface area contributed by atoms with E-state index < -0.39 is 12.3 Å². The highest BCUT2D eigenvalue weighted by Gasteiger charge is 2.22. The first-order valence-electron chi connectivity index (χ1n) is 4.14. The predicted octanol–water partition coefficient (Wildman–Crippen LogP) is 1.27. The normalized spacial score (nSPS) is 30.3. The molecule has 3 atom stereocenters. The molecule has 0 aliphatic carbocycles. The Morgan fingerprint density at radius 3 is 2.91 bits per heavy atom. The third-order valence-corrected chi connectivity index (χ3v) is 2.04. The maximum absolute atomic E-state index is 12.8. The van der Waals surface area contributed by atoms with E-state index in [2.05, 4.69) is 0 Å². The van der Waals surface area contributed by atoms with Crippen LogP contribution in [0.3, 0.4) is 0 Å². The Kier molecular flexibility index (Phi) is 3.27. The van der Waals surface area contributed by atoms with Gasteiger partial charge in [0, 0.05) is 13.0 Å². The van der Waals surface area contributed by atoms with Crippen molar-refractivity contribution in [3.8, 4) is 0 Å². The lowest BCUT2D eigenvalue weighted by Crippen LogP contribution is -2.23. The zero-order chi connectivity index (χ0) is 8.27. The van der Waals surface area contributed by atoms with Crippen LogP contribution in [0.5, 0.6) is 0 Å². The second-order valence-corrected chi connectivity index (χ2v) is 3.13. The van der Waals surface area contributed by atoms with Gasteiger partial charge in [-0.2, -0.15) is 0 Å². The SMILES string of the molecule is CC(O)C(F)CC1CCCO1. The molecule has 1 aliphatic heterocycles. The Labute approximate surface area is 66.4 Å². The molecule has 0 aromatic rings. The molecule has 1 fully saturated rings. The molecule has 1 aliphatic rings. The van der Waals surface area contributed by atoms with E-state index >= 15 is 0 Å². The van der Waals surface area contributed by atoms with Crippen molar-refractivity contribution in [3.63, 3.8) is 0 Å². The van der Waals surface area contributed by atoms with Crippen LogP contribution in [0.1, 0.15) is 26.2 Å². The fraction of sp³-hybridized carbons (Fsp3) is 1.00. The molecular weight excluding hydrogens is 147 g/mol. The molecule has 1 rings (SSSR count). The van der Waals surface area contributed by atoms with E-state index in [4.69, 9.17) is 9.84 Å². The number of halogens is 1. The summed E-state index contributed by atoms with van der Waals surface area (Å²) in [6.45, 7) is 2.22. The smallest absolute Gasteiger partial charge is 0.128 e. The maximum Gasteiger partial charge on any atom is 0.128 e. The lowest BCUT2D eigenvalue weighted by Gasteiger charge is -2.14. The summed E-state index contributed by atoms with van der Waals surface area (Å²) in [4.78, 5) is 0. The van der Waals surface area contributed by atoms with E-state index in [1.165, 1.54) is 6.92 Å². The van der Waals surface area contributed by atoms with Gasteiger partial charge in [-0.3, -0.25) is 0 Å². The van der Waals surface area contributed by atoms with Crippen LogP contribution in [0, 0.1) is 0 Å². The largest absolute Gasteiger partial charge is 0.390 e. The van der Waals surface area contributed by atoms with Gasteiger partial charge in [-0.25, -0.2) is 4.39 Å². The van der Waals surface area contributed by atoms with Crippen molar-refractivity contribution in [2.75, 3.05) is 6.61 Å². The lowest BCUT2D eigenvalue weighted by atomic mass is 10.1. The highest BCUT2D eigenvalue weighted by atomic mass is 19.1. The Hall–Kier alpha value is -0.150. The van der Waals surface area contributed by atoms with Gasteiger partial charge >= 0.3 is 0 Å². The van der Waals surface area contributed by atoms with Crippen molar-refractivity contribution >= 4 is 0 Å². The minimum absolute atomic E-state index is 0.0413. The van der Waals surface area contributed by atoms with E-state index in [-0.39, 0.29) is 6.10 Å². The Morgan fingerprint density at radius 1 is 1.73 bits per heavy atom. The van der Waals surface area contributed by atoms with Gasteiger partial charge in [0.1, 0.15) is 6.17 Å². The first-order chi connectivity index (χ1) is 5.20. The van der Waals surface area contributed by atoms with Gasteiger partial charge in [0.05, 0.1) is 12.2 Å². The van der Waals surface area contributed by atoms with Crippen LogP contribution in [-0.4, -0.2) is 30.1 Å². The number of aliphatic hydroxyl groups is 1. The summed E-state index contributed by atoms with van der Waals surface area (Å²) in [5.74, 6) is 0. The minimum Gasteiger partial charge on any atom is -0.390 e. The standard InChI is InChI=1S/C8H15FO2/c1-6(10)8(9)5-7-3-2-4-11-7/h6-8,10H,2-5H2,1H3. The number of rotatable bonds is 3. The molecule has 0 amide bonds. The molecule has 3 unspecified atom stereocenters. The van der Waals surface area contributed by atoms with Crippen molar-refractivity contribution in [1.82, 2.24) is 0 Å². The molecule has 3 heteroatoms. The topological polar surface area (TPSA) is 29.5 Å². The second kappa shape index (κ2) is 4.02. The van der Waals surface area contributed by atoms with Gasteiger partial charge in [0.15, 0.2) is 0 Å². The summed E-state index contributed by atoms with van der Waals surface area (Å²) in [6.07, 6.45) is 0.360. The summed E-state index contributed by atoms with van der Waals surface area (Å²) in [5.41, 5.74) is 0. The summed E-state index contributed by atoms with van der Waals surface area (Å²) in [7, 11) is 0. The molecule has 1 N–H and O–H groups in total. The molecule has 11 heavy (non-hydrogen) atoms. The molecule has 0 aromatic heterocycles. The van der Waals surface area contributed by atoms with Gasteiger partial charge in [0.2, 0.25) is 0 Å². The van der Waals surface area contributed by atoms with E-state index in [0.29, 0.717) is 6.42 Å². The maximum atomic E-state index is 12.8. The van der Waals surface area contributed by atoms with Crippen molar-refractivity contribution < 1.29 is 14.2 Å². The lowest BCUT2D eigenvalue weighted by molar-refractivity contribution is 0.0333. The van der Waals surface area contributed by atoms with E-state index in [1.54, 1.807) is 0 Å². The fourth-order valence-electron chi connectivity index (χ4n) is 1.28. The number of alkyl halides is 1. The zero-order valence-electron chi connectivity index (χ0n) is 6.79. The van der Waals surface area contributed by atoms with Crippen LogP contribution < -0.4 is 0 Å². The average molecular weight is 162 g/mol. The number of hydrogen-bond donors (Lipinski definition) is 1. The molecule has 0 aromatic carbocycles. The third kappa shape index (κ3) is 2.75. The van der Waals surface area contributed by atoms with Crippen molar-refractivity contribution in [2.24, 2.45) is 0 Å². The average Bonchev–Trinajstić information content (AvgIpc) is 2.39. The van der Waals surface area contributed by atoms with Crippen LogP contribution in [0.15, 0.2) is 0 Å². The summed E-state index contributed by atoms with van der Waals surface area (Å²) < 4.78 is 18.1. The highest BCUT2D eigenvalue weighted by molar-refractivity contribution is 4.72. The van der Waals surface area contributed by atoms with Crippen molar-refractivity contribution in [2.45, 2.75) is 44.6 Å². The van der Waals surface area contributed by atoms with Gasteiger partial charge in [-0.1, -0.05) is 0 Å². The van der Waals surface area contributed by atoms with E-state index in [1.807, 2.05) is 0 Å². The third-order valence-electron chi connectivity index (χ3n) is 2.04. The summed E-state index contributed by atoms with van der Waals surface area (Å²) >= 11 is 0. The van der Waals surface area contributed by atoms with Crippen molar-refractivity contribution in [3.05, 3.63) is 0 Å². The number of aliphatic hydroxyl groups excluding tert-OH is 1. The van der Waals surface area contributed by atoms with Crippen LogP contribution in [-0.2, 0) is 4.74 Å². The molecular formula is C8H15FO2. The van der Waals surface area contributed by atoms with Gasteiger partial charge in [-0.15, -0.1) is 0 Å². The molecule has 2 nitrogen and oxygen atoms in total.